The molecule has 0 aliphatic rings. The van der Waals surface area contributed by atoms with Crippen LogP contribution in [0.25, 0.3) is 0 Å². The van der Waals surface area contributed by atoms with Gasteiger partial charge in [-0.2, -0.15) is 4.37 Å². The highest BCUT2D eigenvalue weighted by Gasteiger charge is 2.07. The van der Waals surface area contributed by atoms with Crippen LogP contribution in [0.2, 0.25) is 0 Å². The summed E-state index contributed by atoms with van der Waals surface area (Å²) in [4.78, 5) is 4.38. The first-order chi connectivity index (χ1) is 9.17. The number of ether oxygens (including phenoxy) is 1. The third-order valence-corrected chi connectivity index (χ3v) is 3.36. The van der Waals surface area contributed by atoms with Gasteiger partial charge in [0.15, 0.2) is 0 Å². The van der Waals surface area contributed by atoms with Crippen molar-refractivity contribution in [3.8, 4) is 5.75 Å². The molecule has 0 saturated carbocycles. The van der Waals surface area contributed by atoms with E-state index in [0.29, 0.717) is 6.61 Å². The molecule has 5 heteroatoms. The molecule has 0 spiro atoms. The first-order valence-electron chi connectivity index (χ1n) is 6.46. The SMILES string of the molecule is CCc1nsc(NC(C)COc2ccc(C)cc2)n1. The lowest BCUT2D eigenvalue weighted by molar-refractivity contribution is 0.304. The molecule has 2 rings (SSSR count). The summed E-state index contributed by atoms with van der Waals surface area (Å²) in [6.07, 6.45) is 0.867. The molecular weight excluding hydrogens is 258 g/mol. The quantitative estimate of drug-likeness (QED) is 0.880. The maximum atomic E-state index is 5.72. The van der Waals surface area contributed by atoms with Crippen LogP contribution in [0, 0.1) is 6.92 Å². The van der Waals surface area contributed by atoms with Gasteiger partial charge >= 0.3 is 0 Å². The third kappa shape index (κ3) is 4.21. The highest BCUT2D eigenvalue weighted by atomic mass is 32.1. The van der Waals surface area contributed by atoms with Gasteiger partial charge in [-0.25, -0.2) is 4.98 Å². The molecule has 19 heavy (non-hydrogen) atoms. The number of rotatable bonds is 6. The predicted octanol–water partition coefficient (Wildman–Crippen LogP) is 3.29. The van der Waals surface area contributed by atoms with Crippen LogP contribution in [0.5, 0.6) is 5.75 Å². The fourth-order valence-corrected chi connectivity index (χ4v) is 2.33. The summed E-state index contributed by atoms with van der Waals surface area (Å²) < 4.78 is 9.97. The van der Waals surface area contributed by atoms with Crippen LogP contribution in [0.1, 0.15) is 25.2 Å². The van der Waals surface area contributed by atoms with Gasteiger partial charge in [0, 0.05) is 18.0 Å². The van der Waals surface area contributed by atoms with E-state index in [1.54, 1.807) is 0 Å². The van der Waals surface area contributed by atoms with Crippen molar-refractivity contribution in [1.29, 1.82) is 0 Å². The van der Waals surface area contributed by atoms with Gasteiger partial charge < -0.3 is 10.1 Å². The molecule has 1 atom stereocenters. The molecule has 2 aromatic rings. The number of anilines is 1. The first kappa shape index (κ1) is 13.8. The predicted molar refractivity (Wildman–Crippen MR) is 79.0 cm³/mol. The van der Waals surface area contributed by atoms with Crippen molar-refractivity contribution < 1.29 is 4.74 Å². The molecule has 1 heterocycles. The largest absolute Gasteiger partial charge is 0.491 e. The zero-order valence-corrected chi connectivity index (χ0v) is 12.3. The van der Waals surface area contributed by atoms with E-state index in [2.05, 4.69) is 35.4 Å². The average Bonchev–Trinajstić information content (AvgIpc) is 2.86. The maximum Gasteiger partial charge on any atom is 0.202 e. The summed E-state index contributed by atoms with van der Waals surface area (Å²) in [7, 11) is 0. The van der Waals surface area contributed by atoms with E-state index >= 15 is 0 Å². The van der Waals surface area contributed by atoms with Crippen molar-refractivity contribution in [2.75, 3.05) is 11.9 Å². The smallest absolute Gasteiger partial charge is 0.202 e. The Labute approximate surface area is 118 Å². The standard InChI is InChI=1S/C14H19N3OS/c1-4-13-16-14(19-17-13)15-11(3)9-18-12-7-5-10(2)6-8-12/h5-8,11H,4,9H2,1-3H3,(H,15,16,17). The molecule has 1 N–H and O–H groups in total. The lowest BCUT2D eigenvalue weighted by Crippen LogP contribution is -2.23. The minimum Gasteiger partial charge on any atom is -0.491 e. The molecule has 0 amide bonds. The summed E-state index contributed by atoms with van der Waals surface area (Å²) in [5.41, 5.74) is 1.24. The summed E-state index contributed by atoms with van der Waals surface area (Å²) in [6.45, 7) is 6.79. The summed E-state index contributed by atoms with van der Waals surface area (Å²) >= 11 is 1.40. The number of aryl methyl sites for hydroxylation is 2. The topological polar surface area (TPSA) is 47.0 Å². The van der Waals surface area contributed by atoms with Crippen LogP contribution in [-0.2, 0) is 6.42 Å². The van der Waals surface area contributed by atoms with E-state index in [-0.39, 0.29) is 6.04 Å². The van der Waals surface area contributed by atoms with Crippen LogP contribution in [-0.4, -0.2) is 22.0 Å². The minimum absolute atomic E-state index is 0.193. The Kier molecular flexibility index (Phi) is 4.74. The molecule has 102 valence electrons. The van der Waals surface area contributed by atoms with Crippen LogP contribution < -0.4 is 10.1 Å². The molecule has 0 aliphatic carbocycles. The van der Waals surface area contributed by atoms with Gasteiger partial charge in [0.1, 0.15) is 18.2 Å². The van der Waals surface area contributed by atoms with Gasteiger partial charge in [0.25, 0.3) is 0 Å². The molecular formula is C14H19N3OS. The minimum atomic E-state index is 0.193. The number of aromatic nitrogens is 2. The number of nitrogens with one attached hydrogen (secondary N) is 1. The monoisotopic (exact) mass is 277 g/mol. The Morgan fingerprint density at radius 2 is 2.05 bits per heavy atom. The summed E-state index contributed by atoms with van der Waals surface area (Å²) in [5.74, 6) is 1.78. The second kappa shape index (κ2) is 6.52. The lowest BCUT2D eigenvalue weighted by Gasteiger charge is -2.14. The maximum absolute atomic E-state index is 5.72. The highest BCUT2D eigenvalue weighted by molar-refractivity contribution is 7.09. The number of hydrogen-bond donors (Lipinski definition) is 1. The van der Waals surface area contributed by atoms with Crippen molar-refractivity contribution in [1.82, 2.24) is 9.36 Å². The Hall–Kier alpha value is -1.62. The molecule has 0 bridgehead atoms. The Bertz CT molecular complexity index is 510. The Balaban J connectivity index is 1.81. The van der Waals surface area contributed by atoms with E-state index in [0.717, 1.165) is 23.1 Å². The number of nitrogens with zero attached hydrogens (tertiary/aromatic N) is 2. The van der Waals surface area contributed by atoms with Gasteiger partial charge in [-0.3, -0.25) is 0 Å². The van der Waals surface area contributed by atoms with E-state index in [1.807, 2.05) is 24.3 Å². The third-order valence-electron chi connectivity index (χ3n) is 2.68. The van der Waals surface area contributed by atoms with Gasteiger partial charge in [-0.15, -0.1) is 0 Å². The van der Waals surface area contributed by atoms with Crippen molar-refractivity contribution in [3.05, 3.63) is 35.7 Å². The first-order valence-corrected chi connectivity index (χ1v) is 7.23. The fourth-order valence-electron chi connectivity index (χ4n) is 1.56. The van der Waals surface area contributed by atoms with Crippen molar-refractivity contribution in [2.24, 2.45) is 0 Å². The zero-order valence-electron chi connectivity index (χ0n) is 11.5. The van der Waals surface area contributed by atoms with E-state index in [9.17, 15) is 0 Å². The average molecular weight is 277 g/mol. The van der Waals surface area contributed by atoms with E-state index in [4.69, 9.17) is 4.74 Å². The van der Waals surface area contributed by atoms with Crippen LogP contribution in [0.3, 0.4) is 0 Å². The summed E-state index contributed by atoms with van der Waals surface area (Å²) in [6, 6.07) is 8.26. The van der Waals surface area contributed by atoms with Crippen LogP contribution in [0.15, 0.2) is 24.3 Å². The second-order valence-corrected chi connectivity index (χ2v) is 5.29. The van der Waals surface area contributed by atoms with E-state index < -0.39 is 0 Å². The Morgan fingerprint density at radius 3 is 2.68 bits per heavy atom. The van der Waals surface area contributed by atoms with Crippen LogP contribution >= 0.6 is 11.5 Å². The molecule has 1 unspecified atom stereocenters. The number of hydrogen-bond acceptors (Lipinski definition) is 5. The van der Waals surface area contributed by atoms with Gasteiger partial charge in [-0.1, -0.05) is 24.6 Å². The van der Waals surface area contributed by atoms with Gasteiger partial charge in [0.2, 0.25) is 5.13 Å². The molecule has 0 fully saturated rings. The zero-order chi connectivity index (χ0) is 13.7. The molecule has 0 saturated heterocycles. The van der Waals surface area contributed by atoms with Crippen LogP contribution in [0.4, 0.5) is 5.13 Å². The summed E-state index contributed by atoms with van der Waals surface area (Å²) in [5, 5.41) is 4.16. The van der Waals surface area contributed by atoms with Gasteiger partial charge in [-0.05, 0) is 26.0 Å². The molecule has 0 radical (unpaired) electrons. The lowest BCUT2D eigenvalue weighted by atomic mass is 10.2. The molecule has 0 aliphatic heterocycles. The normalized spacial score (nSPS) is 12.2. The molecule has 1 aromatic heterocycles. The van der Waals surface area contributed by atoms with Gasteiger partial charge in [0.05, 0.1) is 6.04 Å². The Morgan fingerprint density at radius 1 is 1.32 bits per heavy atom. The van der Waals surface area contributed by atoms with Crippen molar-refractivity contribution >= 4 is 16.7 Å². The van der Waals surface area contributed by atoms with Crippen molar-refractivity contribution in [3.63, 3.8) is 0 Å². The number of benzene rings is 1. The highest BCUT2D eigenvalue weighted by Crippen LogP contribution is 2.14. The second-order valence-electron chi connectivity index (χ2n) is 4.54. The fraction of sp³-hybridized carbons (Fsp3) is 0.429. The van der Waals surface area contributed by atoms with E-state index in [1.165, 1.54) is 17.1 Å². The molecule has 1 aromatic carbocycles. The van der Waals surface area contributed by atoms with Crippen molar-refractivity contribution in [2.45, 2.75) is 33.2 Å². The molecule has 4 nitrogen and oxygen atoms in total.